The number of rotatable bonds is 7. The lowest BCUT2D eigenvalue weighted by atomic mass is 10.1. The van der Waals surface area contributed by atoms with Gasteiger partial charge in [0.25, 0.3) is 5.91 Å². The van der Waals surface area contributed by atoms with Crippen molar-refractivity contribution in [3.63, 3.8) is 0 Å². The number of methoxy groups -OCH3 is 3. The molecule has 2 N–H and O–H groups in total. The van der Waals surface area contributed by atoms with Crippen LogP contribution in [0.5, 0.6) is 17.2 Å². The van der Waals surface area contributed by atoms with Gasteiger partial charge in [-0.1, -0.05) is 0 Å². The van der Waals surface area contributed by atoms with Crippen LogP contribution in [-0.4, -0.2) is 27.2 Å². The third-order valence-electron chi connectivity index (χ3n) is 4.10. The molecule has 1 aromatic rings. The van der Waals surface area contributed by atoms with Gasteiger partial charge in [-0.05, 0) is 43.4 Å². The number of nitrogens with one attached hydrogen (secondary N) is 2. The van der Waals surface area contributed by atoms with Crippen LogP contribution in [0.1, 0.15) is 36.0 Å². The van der Waals surface area contributed by atoms with Crippen LogP contribution in [-0.2, 0) is 0 Å². The van der Waals surface area contributed by atoms with Crippen molar-refractivity contribution in [2.24, 2.45) is 5.92 Å². The quantitative estimate of drug-likeness (QED) is 0.756. The van der Waals surface area contributed by atoms with E-state index in [0.29, 0.717) is 28.7 Å². The molecule has 2 saturated carbocycles. The molecule has 2 aliphatic carbocycles. The average Bonchev–Trinajstić information content (AvgIpc) is 3.46. The standard InChI is InChI=1S/C17H22N2O4/c1-21-13-8-12(9-14(22-2)16(13)23-3)17(20)19-18-15(10-4-5-10)11-6-7-11/h8-10,18H,4-7H2,1-3H3,(H,19,20). The molecule has 0 bridgehead atoms. The monoisotopic (exact) mass is 318 g/mol. The molecule has 124 valence electrons. The van der Waals surface area contributed by atoms with E-state index in [4.69, 9.17) is 14.2 Å². The Hall–Kier alpha value is -2.37. The van der Waals surface area contributed by atoms with Crippen LogP contribution in [0.3, 0.4) is 0 Å². The summed E-state index contributed by atoms with van der Waals surface area (Å²) in [6.45, 7) is 0. The van der Waals surface area contributed by atoms with Gasteiger partial charge < -0.3 is 19.6 Å². The molecule has 0 saturated heterocycles. The fourth-order valence-electron chi connectivity index (χ4n) is 2.59. The molecule has 0 spiro atoms. The van der Waals surface area contributed by atoms with E-state index in [9.17, 15) is 4.79 Å². The molecule has 0 radical (unpaired) electrons. The molecule has 1 amide bonds. The highest BCUT2D eigenvalue weighted by Crippen LogP contribution is 2.43. The molecule has 23 heavy (non-hydrogen) atoms. The van der Waals surface area contributed by atoms with Crippen molar-refractivity contribution in [3.05, 3.63) is 29.0 Å². The number of hydrogen-bond donors (Lipinski definition) is 2. The van der Waals surface area contributed by atoms with Gasteiger partial charge in [0.2, 0.25) is 5.75 Å². The predicted molar refractivity (Wildman–Crippen MR) is 85.7 cm³/mol. The van der Waals surface area contributed by atoms with Crippen molar-refractivity contribution in [3.8, 4) is 17.2 Å². The summed E-state index contributed by atoms with van der Waals surface area (Å²) in [6.07, 6.45) is 4.68. The van der Waals surface area contributed by atoms with Crippen molar-refractivity contribution < 1.29 is 19.0 Å². The molecule has 0 heterocycles. The molecule has 6 heteroatoms. The van der Waals surface area contributed by atoms with Crippen LogP contribution < -0.4 is 25.1 Å². The minimum atomic E-state index is -0.233. The molecule has 2 aliphatic rings. The number of amides is 1. The van der Waals surface area contributed by atoms with Gasteiger partial charge in [0.15, 0.2) is 11.5 Å². The molecule has 6 nitrogen and oxygen atoms in total. The van der Waals surface area contributed by atoms with E-state index in [2.05, 4.69) is 10.9 Å². The van der Waals surface area contributed by atoms with Crippen molar-refractivity contribution in [1.82, 2.24) is 10.9 Å². The number of carbonyl (C=O) groups excluding carboxylic acids is 1. The highest BCUT2D eigenvalue weighted by Gasteiger charge is 2.32. The Bertz CT molecular complexity index is 619. The normalized spacial score (nSPS) is 15.7. The number of carbonyl (C=O) groups is 1. The number of hydrogen-bond acceptors (Lipinski definition) is 5. The first-order valence-corrected chi connectivity index (χ1v) is 7.76. The van der Waals surface area contributed by atoms with Crippen molar-refractivity contribution in [2.75, 3.05) is 21.3 Å². The van der Waals surface area contributed by atoms with Gasteiger partial charge in [0.1, 0.15) is 0 Å². The number of benzene rings is 1. The zero-order valence-corrected chi connectivity index (χ0v) is 13.7. The molecule has 0 aromatic heterocycles. The Labute approximate surface area is 135 Å². The summed E-state index contributed by atoms with van der Waals surface area (Å²) in [5.41, 5.74) is 8.97. The van der Waals surface area contributed by atoms with Gasteiger partial charge in [0, 0.05) is 17.2 Å². The molecule has 2 fully saturated rings. The van der Waals surface area contributed by atoms with Crippen LogP contribution in [0.15, 0.2) is 23.4 Å². The van der Waals surface area contributed by atoms with Crippen LogP contribution in [0.4, 0.5) is 0 Å². The Morgan fingerprint density at radius 3 is 2.04 bits per heavy atom. The van der Waals surface area contributed by atoms with Crippen LogP contribution in [0.2, 0.25) is 0 Å². The highest BCUT2D eigenvalue weighted by molar-refractivity contribution is 5.95. The summed E-state index contributed by atoms with van der Waals surface area (Å²) in [5.74, 6) is 1.74. The number of allylic oxidation sites excluding steroid dienone is 2. The van der Waals surface area contributed by atoms with E-state index in [1.54, 1.807) is 12.1 Å². The lowest BCUT2D eigenvalue weighted by molar-refractivity contribution is 0.0937. The highest BCUT2D eigenvalue weighted by atomic mass is 16.5. The Balaban J connectivity index is 1.75. The number of hydrazine groups is 1. The van der Waals surface area contributed by atoms with Gasteiger partial charge in [-0.3, -0.25) is 10.2 Å². The largest absolute Gasteiger partial charge is 0.493 e. The van der Waals surface area contributed by atoms with Crippen LogP contribution in [0, 0.1) is 5.92 Å². The third kappa shape index (κ3) is 3.36. The van der Waals surface area contributed by atoms with E-state index in [1.807, 2.05) is 0 Å². The summed E-state index contributed by atoms with van der Waals surface area (Å²) in [7, 11) is 4.59. The maximum Gasteiger partial charge on any atom is 0.269 e. The fourth-order valence-corrected chi connectivity index (χ4v) is 2.59. The molecule has 1 aromatic carbocycles. The second-order valence-corrected chi connectivity index (χ2v) is 5.78. The first kappa shape index (κ1) is 15.5. The third-order valence-corrected chi connectivity index (χ3v) is 4.10. The zero-order valence-electron chi connectivity index (χ0n) is 13.7. The van der Waals surface area contributed by atoms with E-state index in [-0.39, 0.29) is 5.91 Å². The van der Waals surface area contributed by atoms with E-state index in [1.165, 1.54) is 45.4 Å². The summed E-state index contributed by atoms with van der Waals surface area (Å²) < 4.78 is 15.8. The van der Waals surface area contributed by atoms with Crippen LogP contribution >= 0.6 is 0 Å². The van der Waals surface area contributed by atoms with E-state index < -0.39 is 0 Å². The minimum Gasteiger partial charge on any atom is -0.493 e. The molecular formula is C17H22N2O4. The summed E-state index contributed by atoms with van der Waals surface area (Å²) in [5, 5.41) is 0. The lowest BCUT2D eigenvalue weighted by Crippen LogP contribution is -2.37. The lowest BCUT2D eigenvalue weighted by Gasteiger charge is -2.15. The van der Waals surface area contributed by atoms with Gasteiger partial charge in [-0.2, -0.15) is 0 Å². The second kappa shape index (κ2) is 6.40. The smallest absolute Gasteiger partial charge is 0.269 e. The van der Waals surface area contributed by atoms with Gasteiger partial charge in [-0.25, -0.2) is 0 Å². The predicted octanol–water partition coefficient (Wildman–Crippen LogP) is 2.40. The Morgan fingerprint density at radius 2 is 1.61 bits per heavy atom. The van der Waals surface area contributed by atoms with Gasteiger partial charge in [-0.15, -0.1) is 0 Å². The average molecular weight is 318 g/mol. The summed E-state index contributed by atoms with van der Waals surface area (Å²) in [4.78, 5) is 12.4. The fraction of sp³-hybridized carbons (Fsp3) is 0.471. The Morgan fingerprint density at radius 1 is 1.00 bits per heavy atom. The minimum absolute atomic E-state index is 0.233. The van der Waals surface area contributed by atoms with Crippen LogP contribution in [0.25, 0.3) is 0 Å². The first-order valence-electron chi connectivity index (χ1n) is 7.76. The molecule has 0 aliphatic heterocycles. The topological polar surface area (TPSA) is 68.8 Å². The van der Waals surface area contributed by atoms with E-state index >= 15 is 0 Å². The van der Waals surface area contributed by atoms with Gasteiger partial charge in [0.05, 0.1) is 21.3 Å². The van der Waals surface area contributed by atoms with Gasteiger partial charge >= 0.3 is 0 Å². The Kier molecular flexibility index (Phi) is 4.32. The van der Waals surface area contributed by atoms with Crippen molar-refractivity contribution in [1.29, 1.82) is 0 Å². The summed E-state index contributed by atoms with van der Waals surface area (Å²) in [6, 6.07) is 3.28. The first-order chi connectivity index (χ1) is 11.2. The number of ether oxygens (including phenoxy) is 3. The van der Waals surface area contributed by atoms with Crippen molar-refractivity contribution in [2.45, 2.75) is 25.7 Å². The van der Waals surface area contributed by atoms with E-state index in [0.717, 1.165) is 12.8 Å². The molecule has 0 unspecified atom stereocenters. The second-order valence-electron chi connectivity index (χ2n) is 5.78. The maximum atomic E-state index is 12.4. The zero-order chi connectivity index (χ0) is 16.4. The molecule has 3 rings (SSSR count). The molecular weight excluding hydrogens is 296 g/mol. The maximum absolute atomic E-state index is 12.4. The van der Waals surface area contributed by atoms with Crippen molar-refractivity contribution >= 4 is 5.91 Å². The summed E-state index contributed by atoms with van der Waals surface area (Å²) >= 11 is 0. The SMILES string of the molecule is COc1cc(C(=O)NNC(=C2CC2)C2CC2)cc(OC)c1OC. The molecule has 0 atom stereocenters.